The van der Waals surface area contributed by atoms with Crippen LogP contribution in [0.15, 0.2) is 18.2 Å². The molecule has 0 aromatic heterocycles. The molecule has 0 aliphatic rings. The maximum atomic E-state index is 10.4. The fourth-order valence-corrected chi connectivity index (χ4v) is 1.70. The molecule has 0 spiro atoms. The molecule has 0 saturated heterocycles. The summed E-state index contributed by atoms with van der Waals surface area (Å²) in [6.45, 7) is 8.23. The normalized spacial score (nSPS) is 9.53. The van der Waals surface area contributed by atoms with E-state index in [1.165, 1.54) is 24.0 Å². The monoisotopic (exact) mass is 268 g/mol. The molecule has 1 aromatic carbocycles. The van der Waals surface area contributed by atoms with Gasteiger partial charge in [0.05, 0.1) is 6.61 Å². The molecule has 0 radical (unpaired) electrons. The van der Waals surface area contributed by atoms with E-state index in [0.717, 1.165) is 32.1 Å². The smallest absolute Gasteiger partial charge is 0.298 e. The minimum Gasteiger partial charge on any atom is -0.493 e. The molecule has 0 amide bonds. The zero-order valence-corrected chi connectivity index (χ0v) is 12.5. The first-order valence-electron chi connectivity index (χ1n) is 6.90. The van der Waals surface area contributed by atoms with E-state index in [-0.39, 0.29) is 0 Å². The Bertz CT molecular complexity index is 371. The van der Waals surface area contributed by atoms with Gasteiger partial charge >= 0.3 is 0 Å². The molecule has 0 unspecified atom stereocenters. The standard InChI is InChI=1S/C14H22O.C2H3FO/c1-4-6-11-15-14-12(3)9-7-10-13(14)8-5-2;1-2(3)4/h7,9-10H,4-6,8,11H2,1-3H3;1H3. The molecule has 3 heteroatoms. The van der Waals surface area contributed by atoms with Crippen LogP contribution in [0.4, 0.5) is 4.39 Å². The molecule has 1 aromatic rings. The van der Waals surface area contributed by atoms with Crippen molar-refractivity contribution in [1.29, 1.82) is 0 Å². The van der Waals surface area contributed by atoms with Crippen molar-refractivity contribution < 1.29 is 13.9 Å². The van der Waals surface area contributed by atoms with Crippen molar-refractivity contribution in [2.75, 3.05) is 6.61 Å². The molecule has 0 heterocycles. The summed E-state index contributed by atoms with van der Waals surface area (Å²) in [6, 6.07) is 5.09. The van der Waals surface area contributed by atoms with Gasteiger partial charge in [-0.3, -0.25) is 4.79 Å². The summed E-state index contributed by atoms with van der Waals surface area (Å²) < 4.78 is 16.2. The topological polar surface area (TPSA) is 26.3 Å². The van der Waals surface area contributed by atoms with Gasteiger partial charge in [0, 0.05) is 6.92 Å². The third-order valence-corrected chi connectivity index (χ3v) is 2.56. The van der Waals surface area contributed by atoms with Gasteiger partial charge in [-0.1, -0.05) is 44.9 Å². The number of halogens is 1. The third kappa shape index (κ3) is 8.36. The van der Waals surface area contributed by atoms with E-state index >= 15 is 0 Å². The average Bonchev–Trinajstić information content (AvgIpc) is 2.32. The summed E-state index contributed by atoms with van der Waals surface area (Å²) in [6.07, 6.45) is 4.62. The number of hydrogen-bond acceptors (Lipinski definition) is 2. The van der Waals surface area contributed by atoms with Crippen LogP contribution in [-0.4, -0.2) is 12.6 Å². The number of para-hydroxylation sites is 1. The van der Waals surface area contributed by atoms with E-state index in [0.29, 0.717) is 0 Å². The molecule has 19 heavy (non-hydrogen) atoms. The van der Waals surface area contributed by atoms with E-state index in [4.69, 9.17) is 9.53 Å². The molecule has 1 rings (SSSR count). The molecule has 0 bridgehead atoms. The summed E-state index contributed by atoms with van der Waals surface area (Å²) in [5, 5.41) is 0. The second kappa shape index (κ2) is 10.5. The molecule has 0 saturated carbocycles. The number of rotatable bonds is 6. The van der Waals surface area contributed by atoms with Crippen molar-refractivity contribution in [2.45, 2.75) is 53.4 Å². The molecule has 108 valence electrons. The number of carbonyl (C=O) groups excluding carboxylic acids is 1. The number of unbranched alkanes of at least 4 members (excludes halogenated alkanes) is 1. The molecule has 0 aliphatic heterocycles. The number of aryl methyl sites for hydroxylation is 2. The Labute approximate surface area is 116 Å². The Morgan fingerprint density at radius 3 is 2.42 bits per heavy atom. The highest BCUT2D eigenvalue weighted by atomic mass is 19.1. The van der Waals surface area contributed by atoms with Crippen molar-refractivity contribution in [2.24, 2.45) is 0 Å². The molecule has 0 N–H and O–H groups in total. The Kier molecular flexibility index (Phi) is 9.77. The van der Waals surface area contributed by atoms with Gasteiger partial charge in [-0.05, 0) is 30.9 Å². The number of hydrogen-bond donors (Lipinski definition) is 0. The summed E-state index contributed by atoms with van der Waals surface area (Å²) in [4.78, 5) is 8.78. The molecule has 0 aliphatic carbocycles. The predicted octanol–water partition coefficient (Wildman–Crippen LogP) is 4.63. The Hall–Kier alpha value is -1.38. The van der Waals surface area contributed by atoms with E-state index in [1.807, 2.05) is 0 Å². The van der Waals surface area contributed by atoms with Gasteiger partial charge in [-0.2, -0.15) is 4.39 Å². The zero-order chi connectivity index (χ0) is 14.7. The van der Waals surface area contributed by atoms with E-state index in [9.17, 15) is 4.39 Å². The molecule has 0 fully saturated rings. The zero-order valence-electron chi connectivity index (χ0n) is 12.5. The van der Waals surface area contributed by atoms with E-state index in [2.05, 4.69) is 39.0 Å². The summed E-state index contributed by atoms with van der Waals surface area (Å²) in [7, 11) is 0. The first-order chi connectivity index (χ1) is 9.02. The van der Waals surface area contributed by atoms with Crippen molar-refractivity contribution >= 4 is 6.04 Å². The van der Waals surface area contributed by atoms with Gasteiger partial charge in [-0.25, -0.2) is 0 Å². The molecular formula is C16H25FO2. The van der Waals surface area contributed by atoms with Gasteiger partial charge in [-0.15, -0.1) is 0 Å². The highest BCUT2D eigenvalue weighted by Crippen LogP contribution is 2.24. The van der Waals surface area contributed by atoms with Crippen molar-refractivity contribution in [3.63, 3.8) is 0 Å². The van der Waals surface area contributed by atoms with Gasteiger partial charge in [0.1, 0.15) is 5.75 Å². The van der Waals surface area contributed by atoms with Gasteiger partial charge < -0.3 is 4.74 Å². The number of benzene rings is 1. The third-order valence-electron chi connectivity index (χ3n) is 2.56. The number of ether oxygens (including phenoxy) is 1. The maximum absolute atomic E-state index is 10.4. The quantitative estimate of drug-likeness (QED) is 0.555. The van der Waals surface area contributed by atoms with Crippen LogP contribution in [0.5, 0.6) is 5.75 Å². The highest BCUT2D eigenvalue weighted by Gasteiger charge is 2.05. The summed E-state index contributed by atoms with van der Waals surface area (Å²) in [5.74, 6) is 1.12. The van der Waals surface area contributed by atoms with Gasteiger partial charge in [0.15, 0.2) is 0 Å². The predicted molar refractivity (Wildman–Crippen MR) is 77.4 cm³/mol. The molecule has 0 atom stereocenters. The van der Waals surface area contributed by atoms with Gasteiger partial charge in [0.2, 0.25) is 0 Å². The van der Waals surface area contributed by atoms with Crippen LogP contribution in [0.25, 0.3) is 0 Å². The fraction of sp³-hybridized carbons (Fsp3) is 0.562. The number of carbonyl (C=O) groups is 1. The van der Waals surface area contributed by atoms with Crippen molar-refractivity contribution in [1.82, 2.24) is 0 Å². The van der Waals surface area contributed by atoms with Crippen molar-refractivity contribution in [3.05, 3.63) is 29.3 Å². The lowest BCUT2D eigenvalue weighted by molar-refractivity contribution is -0.126. The van der Waals surface area contributed by atoms with Crippen LogP contribution < -0.4 is 4.74 Å². The van der Waals surface area contributed by atoms with Crippen molar-refractivity contribution in [3.8, 4) is 5.75 Å². The highest BCUT2D eigenvalue weighted by molar-refractivity contribution is 5.64. The lowest BCUT2D eigenvalue weighted by Crippen LogP contribution is -2.01. The van der Waals surface area contributed by atoms with Gasteiger partial charge in [0.25, 0.3) is 6.04 Å². The summed E-state index contributed by atoms with van der Waals surface area (Å²) in [5.41, 5.74) is 2.62. The molecular weight excluding hydrogens is 243 g/mol. The second-order valence-electron chi connectivity index (χ2n) is 4.49. The minimum atomic E-state index is -1.33. The minimum absolute atomic E-state index is 0.845. The van der Waals surface area contributed by atoms with Crippen LogP contribution in [0, 0.1) is 6.92 Å². The Morgan fingerprint density at radius 2 is 1.89 bits per heavy atom. The van der Waals surface area contributed by atoms with Crippen LogP contribution in [0.3, 0.4) is 0 Å². The lowest BCUT2D eigenvalue weighted by Gasteiger charge is -2.13. The first-order valence-corrected chi connectivity index (χ1v) is 6.90. The SMILES string of the molecule is CC(=O)F.CCCCOc1c(C)cccc1CCC. The Morgan fingerprint density at radius 1 is 1.26 bits per heavy atom. The first kappa shape index (κ1) is 17.6. The van der Waals surface area contributed by atoms with E-state index in [1.54, 1.807) is 0 Å². The Balaban J connectivity index is 0.000000711. The van der Waals surface area contributed by atoms with Crippen LogP contribution in [0.2, 0.25) is 0 Å². The largest absolute Gasteiger partial charge is 0.493 e. The van der Waals surface area contributed by atoms with Crippen LogP contribution in [0.1, 0.15) is 51.2 Å². The van der Waals surface area contributed by atoms with Crippen LogP contribution in [-0.2, 0) is 11.2 Å². The lowest BCUT2D eigenvalue weighted by atomic mass is 10.1. The second-order valence-corrected chi connectivity index (χ2v) is 4.49. The van der Waals surface area contributed by atoms with Crippen LogP contribution >= 0.6 is 0 Å². The van der Waals surface area contributed by atoms with E-state index < -0.39 is 6.04 Å². The fourth-order valence-electron chi connectivity index (χ4n) is 1.70. The molecule has 2 nitrogen and oxygen atoms in total. The summed E-state index contributed by atoms with van der Waals surface area (Å²) >= 11 is 0. The maximum Gasteiger partial charge on any atom is 0.298 e. The average molecular weight is 268 g/mol.